The summed E-state index contributed by atoms with van der Waals surface area (Å²) >= 11 is 0. The van der Waals surface area contributed by atoms with Crippen LogP contribution in [0.1, 0.15) is 6.92 Å². The Balaban J connectivity index is 2.56. The lowest BCUT2D eigenvalue weighted by Gasteiger charge is -2.12. The van der Waals surface area contributed by atoms with Gasteiger partial charge in [-0.3, -0.25) is 4.18 Å². The molecule has 0 bridgehead atoms. The first-order valence-corrected chi connectivity index (χ1v) is 6.55. The predicted octanol–water partition coefficient (Wildman–Crippen LogP) is 1.71. The number of ether oxygens (including phenoxy) is 1. The van der Waals surface area contributed by atoms with Crippen molar-refractivity contribution in [3.8, 4) is 5.75 Å². The lowest BCUT2D eigenvalue weighted by atomic mass is 10.3. The molecule has 0 amide bonds. The molecule has 1 aromatic carbocycles. The fraction of sp³-hybridized carbons (Fsp3) is 0.400. The van der Waals surface area contributed by atoms with Crippen molar-refractivity contribution >= 4 is 10.1 Å². The Morgan fingerprint density at radius 1 is 1.35 bits per heavy atom. The highest BCUT2D eigenvalue weighted by molar-refractivity contribution is 7.86. The van der Waals surface area contributed by atoms with Gasteiger partial charge in [0.25, 0.3) is 10.1 Å². The standard InChI is InChI=1S/C10H12F2O4S/c1-7(16-17(2,13)14)6-15-10-4-3-8(11)5-9(10)12/h3-5,7H,6H2,1-2H3/t7-/m1/s1. The van der Waals surface area contributed by atoms with Gasteiger partial charge >= 0.3 is 0 Å². The van der Waals surface area contributed by atoms with Gasteiger partial charge in [0.15, 0.2) is 11.6 Å². The fourth-order valence-electron chi connectivity index (χ4n) is 1.13. The van der Waals surface area contributed by atoms with E-state index in [-0.39, 0.29) is 12.4 Å². The summed E-state index contributed by atoms with van der Waals surface area (Å²) in [5.74, 6) is -1.72. The van der Waals surface area contributed by atoms with Crippen molar-refractivity contribution in [2.24, 2.45) is 0 Å². The Kier molecular flexibility index (Phi) is 4.41. The third-order valence-corrected chi connectivity index (χ3v) is 2.38. The molecule has 0 saturated heterocycles. The van der Waals surface area contributed by atoms with E-state index in [2.05, 4.69) is 4.18 Å². The van der Waals surface area contributed by atoms with Gasteiger partial charge in [0.05, 0.1) is 6.26 Å². The van der Waals surface area contributed by atoms with Crippen LogP contribution >= 0.6 is 0 Å². The molecule has 0 aliphatic carbocycles. The molecule has 0 N–H and O–H groups in total. The van der Waals surface area contributed by atoms with Crippen molar-refractivity contribution in [2.75, 3.05) is 12.9 Å². The third kappa shape index (κ3) is 5.10. The Morgan fingerprint density at radius 3 is 2.53 bits per heavy atom. The van der Waals surface area contributed by atoms with Crippen LogP contribution in [0.15, 0.2) is 18.2 Å². The summed E-state index contributed by atoms with van der Waals surface area (Å²) in [5, 5.41) is 0. The van der Waals surface area contributed by atoms with Gasteiger partial charge in [-0.15, -0.1) is 0 Å². The molecule has 7 heteroatoms. The molecule has 0 unspecified atom stereocenters. The number of hydrogen-bond acceptors (Lipinski definition) is 4. The molecule has 4 nitrogen and oxygen atoms in total. The molecule has 1 rings (SSSR count). The van der Waals surface area contributed by atoms with Crippen molar-refractivity contribution in [2.45, 2.75) is 13.0 Å². The summed E-state index contributed by atoms with van der Waals surface area (Å²) in [7, 11) is -3.58. The molecule has 96 valence electrons. The molecule has 0 saturated carbocycles. The monoisotopic (exact) mass is 266 g/mol. The Labute approximate surface area is 98.3 Å². The molecule has 0 spiro atoms. The number of rotatable bonds is 5. The molecule has 0 heterocycles. The highest BCUT2D eigenvalue weighted by Crippen LogP contribution is 2.18. The average Bonchev–Trinajstić information content (AvgIpc) is 2.13. The summed E-state index contributed by atoms with van der Waals surface area (Å²) < 4.78 is 56.8. The van der Waals surface area contributed by atoms with Gasteiger partial charge in [0.1, 0.15) is 18.5 Å². The van der Waals surface area contributed by atoms with E-state index in [1.54, 1.807) is 0 Å². The highest BCUT2D eigenvalue weighted by Gasteiger charge is 2.12. The second-order valence-corrected chi connectivity index (χ2v) is 5.10. The maximum Gasteiger partial charge on any atom is 0.264 e. The highest BCUT2D eigenvalue weighted by atomic mass is 32.2. The quantitative estimate of drug-likeness (QED) is 0.761. The van der Waals surface area contributed by atoms with Crippen molar-refractivity contribution < 1.29 is 26.1 Å². The first-order chi connectivity index (χ1) is 7.78. The van der Waals surface area contributed by atoms with Crippen molar-refractivity contribution in [3.05, 3.63) is 29.8 Å². The number of hydrogen-bond donors (Lipinski definition) is 0. The first kappa shape index (κ1) is 13.9. The lowest BCUT2D eigenvalue weighted by molar-refractivity contribution is 0.146. The van der Waals surface area contributed by atoms with Crippen molar-refractivity contribution in [1.82, 2.24) is 0 Å². The van der Waals surface area contributed by atoms with E-state index in [1.165, 1.54) is 6.92 Å². The largest absolute Gasteiger partial charge is 0.488 e. The molecule has 0 radical (unpaired) electrons. The van der Waals surface area contributed by atoms with Crippen LogP contribution in [0.5, 0.6) is 5.75 Å². The molecule has 1 atom stereocenters. The number of halogens is 2. The minimum Gasteiger partial charge on any atom is -0.488 e. The van der Waals surface area contributed by atoms with Gasteiger partial charge in [0, 0.05) is 6.07 Å². The second-order valence-electron chi connectivity index (χ2n) is 3.50. The minimum absolute atomic E-state index is 0.157. The summed E-state index contributed by atoms with van der Waals surface area (Å²) in [5.41, 5.74) is 0. The van der Waals surface area contributed by atoms with E-state index in [9.17, 15) is 17.2 Å². The topological polar surface area (TPSA) is 52.6 Å². The minimum atomic E-state index is -3.58. The van der Waals surface area contributed by atoms with E-state index >= 15 is 0 Å². The van der Waals surface area contributed by atoms with Crippen LogP contribution in [-0.4, -0.2) is 27.4 Å². The van der Waals surface area contributed by atoms with Crippen LogP contribution in [0.4, 0.5) is 8.78 Å². The first-order valence-electron chi connectivity index (χ1n) is 4.74. The average molecular weight is 266 g/mol. The molecule has 0 fully saturated rings. The van der Waals surface area contributed by atoms with Gasteiger partial charge < -0.3 is 4.74 Å². The van der Waals surface area contributed by atoms with Crippen LogP contribution in [0, 0.1) is 11.6 Å². The van der Waals surface area contributed by atoms with E-state index in [0.29, 0.717) is 6.07 Å². The fourth-order valence-corrected chi connectivity index (χ4v) is 1.78. The number of benzene rings is 1. The van der Waals surface area contributed by atoms with E-state index in [4.69, 9.17) is 4.74 Å². The second kappa shape index (κ2) is 5.42. The van der Waals surface area contributed by atoms with Gasteiger partial charge in [-0.2, -0.15) is 8.42 Å². The summed E-state index contributed by atoms with van der Waals surface area (Å²) in [4.78, 5) is 0. The molecule has 1 aromatic rings. The van der Waals surface area contributed by atoms with Gasteiger partial charge in [0.2, 0.25) is 0 Å². The molecule has 17 heavy (non-hydrogen) atoms. The molecule has 0 aromatic heterocycles. The van der Waals surface area contributed by atoms with Gasteiger partial charge in [-0.1, -0.05) is 0 Å². The third-order valence-electron chi connectivity index (χ3n) is 1.71. The van der Waals surface area contributed by atoms with Crippen LogP contribution in [0.3, 0.4) is 0 Å². The van der Waals surface area contributed by atoms with Crippen LogP contribution in [0.2, 0.25) is 0 Å². The van der Waals surface area contributed by atoms with Crippen molar-refractivity contribution in [1.29, 1.82) is 0 Å². The molecular weight excluding hydrogens is 254 g/mol. The Bertz CT molecular complexity index is 487. The Morgan fingerprint density at radius 2 is 2.00 bits per heavy atom. The van der Waals surface area contributed by atoms with E-state index < -0.39 is 27.9 Å². The summed E-state index contributed by atoms with van der Waals surface area (Å²) in [6.07, 6.45) is 0.150. The van der Waals surface area contributed by atoms with E-state index in [0.717, 1.165) is 18.4 Å². The zero-order valence-corrected chi connectivity index (χ0v) is 10.1. The van der Waals surface area contributed by atoms with Crippen molar-refractivity contribution in [3.63, 3.8) is 0 Å². The zero-order valence-electron chi connectivity index (χ0n) is 9.31. The Hall–Kier alpha value is -1.21. The zero-order chi connectivity index (χ0) is 13.1. The van der Waals surface area contributed by atoms with Gasteiger partial charge in [-0.05, 0) is 19.1 Å². The van der Waals surface area contributed by atoms with E-state index in [1.807, 2.05) is 0 Å². The van der Waals surface area contributed by atoms with Crippen LogP contribution in [0.25, 0.3) is 0 Å². The predicted molar refractivity (Wildman–Crippen MR) is 57.2 cm³/mol. The van der Waals surface area contributed by atoms with Crippen LogP contribution in [-0.2, 0) is 14.3 Å². The maximum absolute atomic E-state index is 13.1. The molecule has 0 aliphatic rings. The lowest BCUT2D eigenvalue weighted by Crippen LogP contribution is -2.21. The maximum atomic E-state index is 13.1. The van der Waals surface area contributed by atoms with Gasteiger partial charge in [-0.25, -0.2) is 8.78 Å². The SMILES string of the molecule is C[C@H](COc1ccc(F)cc1F)OS(C)(=O)=O. The normalized spacial score (nSPS) is 13.4. The summed E-state index contributed by atoms with van der Waals surface area (Å²) in [6.45, 7) is 1.30. The summed E-state index contributed by atoms with van der Waals surface area (Å²) in [6, 6.07) is 2.84. The molecular formula is C10H12F2O4S. The smallest absolute Gasteiger partial charge is 0.264 e. The van der Waals surface area contributed by atoms with Crippen LogP contribution < -0.4 is 4.74 Å². The molecule has 0 aliphatic heterocycles.